The first-order chi connectivity index (χ1) is 21.0. The van der Waals surface area contributed by atoms with Gasteiger partial charge in [-0.3, -0.25) is 14.4 Å². The number of benzene rings is 2. The number of Topliss-reactive ketones (excluding diaryl/α,β-unsaturated/α-hetero) is 2. The summed E-state index contributed by atoms with van der Waals surface area (Å²) in [4.78, 5) is 45.8. The van der Waals surface area contributed by atoms with Crippen LogP contribution in [0.1, 0.15) is 48.0 Å². The number of aliphatic hydroxyl groups excluding tert-OH is 1. The summed E-state index contributed by atoms with van der Waals surface area (Å²) in [6, 6.07) is 5.96. The summed E-state index contributed by atoms with van der Waals surface area (Å²) in [7, 11) is 6.18. The molecule has 2 N–H and O–H groups in total. The molecule has 0 bridgehead atoms. The zero-order chi connectivity index (χ0) is 31.9. The minimum absolute atomic E-state index is 0.0208. The Hall–Kier alpha value is -3.96. The lowest BCUT2D eigenvalue weighted by molar-refractivity contribution is -0.131. The van der Waals surface area contributed by atoms with Crippen molar-refractivity contribution in [1.82, 2.24) is 9.80 Å². The molecule has 1 amide bonds. The summed E-state index contributed by atoms with van der Waals surface area (Å²) < 4.78 is 22.4. The van der Waals surface area contributed by atoms with Crippen molar-refractivity contribution in [3.63, 3.8) is 0 Å². The Bertz CT molecular complexity index is 1540. The van der Waals surface area contributed by atoms with Crippen molar-refractivity contribution in [1.29, 1.82) is 0 Å². The zero-order valence-corrected chi connectivity index (χ0v) is 26.2. The molecule has 2 aliphatic heterocycles. The van der Waals surface area contributed by atoms with Crippen LogP contribution in [0.5, 0.6) is 28.7 Å². The average molecular weight is 629 g/mol. The Morgan fingerprint density at radius 3 is 2.43 bits per heavy atom. The highest BCUT2D eigenvalue weighted by atomic mass is 35.5. The molecule has 2 aromatic carbocycles. The van der Waals surface area contributed by atoms with Crippen LogP contribution in [0.25, 0.3) is 0 Å². The molecule has 1 spiro atoms. The fourth-order valence-corrected chi connectivity index (χ4v) is 6.70. The lowest BCUT2D eigenvalue weighted by atomic mass is 9.69. The van der Waals surface area contributed by atoms with Crippen molar-refractivity contribution in [2.45, 2.75) is 37.7 Å². The highest BCUT2D eigenvalue weighted by Crippen LogP contribution is 2.56. The van der Waals surface area contributed by atoms with E-state index in [1.54, 1.807) is 17.9 Å². The highest BCUT2D eigenvalue weighted by molar-refractivity contribution is 6.35. The molecule has 1 saturated heterocycles. The number of phenols is 1. The number of ether oxygens (including phenoxy) is 4. The number of allylic oxidation sites excluding steroid dienone is 1. The molecule has 2 aromatic rings. The number of aliphatic hydroxyl groups is 1. The summed E-state index contributed by atoms with van der Waals surface area (Å²) in [5, 5.41) is 22.4. The molecule has 1 fully saturated rings. The van der Waals surface area contributed by atoms with Crippen molar-refractivity contribution < 1.29 is 43.5 Å². The number of methoxy groups -OCH3 is 3. The predicted octanol–water partition coefficient (Wildman–Crippen LogP) is 4.14. The quantitative estimate of drug-likeness (QED) is 0.460. The number of ketones is 2. The first-order valence-corrected chi connectivity index (χ1v) is 14.8. The van der Waals surface area contributed by atoms with E-state index < -0.39 is 34.8 Å². The normalized spacial score (nSPS) is 22.9. The fourth-order valence-electron chi connectivity index (χ4n) is 6.44. The van der Waals surface area contributed by atoms with Gasteiger partial charge in [0.05, 0.1) is 21.3 Å². The van der Waals surface area contributed by atoms with Crippen LogP contribution in [0.15, 0.2) is 35.6 Å². The molecule has 11 nitrogen and oxygen atoms in total. The summed E-state index contributed by atoms with van der Waals surface area (Å²) in [5.74, 6) is -3.29. The Kier molecular flexibility index (Phi) is 8.73. The van der Waals surface area contributed by atoms with E-state index in [0.29, 0.717) is 25.2 Å². The van der Waals surface area contributed by atoms with Gasteiger partial charge in [0.1, 0.15) is 22.1 Å². The average Bonchev–Trinajstić information content (AvgIpc) is 3.15. The SMILES string of the molecule is COc1cc(C(CC(=O)N2CCCN(C)CC2)C2=C(O)[C@@]3(Oc4c(Cl)c(OC)cc(OC)c4C3=O)[C@H](C)CC2=O)ccc1O. The van der Waals surface area contributed by atoms with Gasteiger partial charge < -0.3 is 39.0 Å². The van der Waals surface area contributed by atoms with Gasteiger partial charge in [-0.2, -0.15) is 0 Å². The molecule has 0 saturated carbocycles. The summed E-state index contributed by atoms with van der Waals surface area (Å²) in [6.07, 6.45) is 0.469. The van der Waals surface area contributed by atoms with Gasteiger partial charge in [-0.15, -0.1) is 0 Å². The molecule has 1 unspecified atom stereocenters. The minimum Gasteiger partial charge on any atom is -0.507 e. The van der Waals surface area contributed by atoms with Gasteiger partial charge in [0.2, 0.25) is 17.3 Å². The smallest absolute Gasteiger partial charge is 0.231 e. The van der Waals surface area contributed by atoms with Gasteiger partial charge in [0.25, 0.3) is 0 Å². The first-order valence-electron chi connectivity index (χ1n) is 14.5. The molecular formula is C32H37ClN2O9. The van der Waals surface area contributed by atoms with Crippen LogP contribution >= 0.6 is 11.6 Å². The van der Waals surface area contributed by atoms with Gasteiger partial charge in [-0.05, 0) is 37.7 Å². The number of amides is 1. The number of halogens is 1. The number of fused-ring (bicyclic) bond motifs is 1. The van der Waals surface area contributed by atoms with Gasteiger partial charge in [-0.25, -0.2) is 0 Å². The third kappa shape index (κ3) is 5.11. The maximum atomic E-state index is 14.3. The minimum atomic E-state index is -2.00. The number of carbonyl (C=O) groups excluding carboxylic acids is 3. The molecule has 44 heavy (non-hydrogen) atoms. The van der Waals surface area contributed by atoms with E-state index in [0.717, 1.165) is 13.0 Å². The Morgan fingerprint density at radius 1 is 1.05 bits per heavy atom. The fraction of sp³-hybridized carbons (Fsp3) is 0.469. The summed E-state index contributed by atoms with van der Waals surface area (Å²) in [6.45, 7) is 4.25. The van der Waals surface area contributed by atoms with Crippen molar-refractivity contribution in [2.75, 3.05) is 54.6 Å². The molecule has 0 radical (unpaired) electrons. The molecule has 0 aromatic heterocycles. The molecular weight excluding hydrogens is 592 g/mol. The van der Waals surface area contributed by atoms with E-state index in [1.807, 2.05) is 7.05 Å². The maximum Gasteiger partial charge on any atom is 0.231 e. The standard InChI is InChI=1S/C32H37ClN2O9/c1-17-13-21(37)26(30(39)32(17)31(40)27-23(42-4)16-24(43-5)28(33)29(27)44-32)19(18-7-8-20(36)22(14-18)41-3)15-25(38)35-10-6-9-34(2)11-12-35/h7-8,14,16-17,19,36,39H,6,9-13,15H2,1-5H3/t17-,19?,32+/m1/s1. The van der Waals surface area contributed by atoms with E-state index in [9.17, 15) is 24.6 Å². The Morgan fingerprint density at radius 2 is 1.75 bits per heavy atom. The summed E-state index contributed by atoms with van der Waals surface area (Å²) >= 11 is 6.58. The third-order valence-electron chi connectivity index (χ3n) is 8.92. The van der Waals surface area contributed by atoms with Crippen LogP contribution in [0.3, 0.4) is 0 Å². The van der Waals surface area contributed by atoms with Crippen LogP contribution in [-0.4, -0.2) is 97.6 Å². The number of hydrogen-bond donors (Lipinski definition) is 2. The van der Waals surface area contributed by atoms with Crippen molar-refractivity contribution in [2.24, 2.45) is 5.92 Å². The molecule has 236 valence electrons. The van der Waals surface area contributed by atoms with Gasteiger partial charge in [0.15, 0.2) is 28.8 Å². The number of likely N-dealkylation sites (N-methyl/N-ethyl adjacent to an activating group) is 1. The molecule has 2 heterocycles. The monoisotopic (exact) mass is 628 g/mol. The van der Waals surface area contributed by atoms with Crippen molar-refractivity contribution >= 4 is 29.1 Å². The first kappa shape index (κ1) is 31.5. The van der Waals surface area contributed by atoms with Gasteiger partial charge in [-0.1, -0.05) is 24.6 Å². The molecule has 5 rings (SSSR count). The number of phenolic OH excluding ortho intramolecular Hbond substituents is 1. The molecule has 1 aliphatic carbocycles. The van der Waals surface area contributed by atoms with Crippen molar-refractivity contribution in [3.8, 4) is 28.7 Å². The van der Waals surface area contributed by atoms with E-state index in [4.69, 9.17) is 30.5 Å². The van der Waals surface area contributed by atoms with E-state index in [-0.39, 0.29) is 63.7 Å². The zero-order valence-electron chi connectivity index (χ0n) is 25.4. The topological polar surface area (TPSA) is 135 Å². The second-order valence-corrected chi connectivity index (χ2v) is 11.9. The number of carbonyl (C=O) groups is 3. The van der Waals surface area contributed by atoms with Crippen LogP contribution in [0.2, 0.25) is 5.02 Å². The van der Waals surface area contributed by atoms with Crippen LogP contribution in [0.4, 0.5) is 0 Å². The third-order valence-corrected chi connectivity index (χ3v) is 9.27. The number of aromatic hydroxyl groups is 1. The van der Waals surface area contributed by atoms with Gasteiger partial charge >= 0.3 is 0 Å². The van der Waals surface area contributed by atoms with E-state index in [2.05, 4.69) is 4.90 Å². The summed E-state index contributed by atoms with van der Waals surface area (Å²) in [5.41, 5.74) is -1.64. The molecule has 3 atom stereocenters. The number of rotatable bonds is 7. The van der Waals surface area contributed by atoms with E-state index in [1.165, 1.54) is 39.5 Å². The highest BCUT2D eigenvalue weighted by Gasteiger charge is 2.61. The van der Waals surface area contributed by atoms with Crippen LogP contribution in [0, 0.1) is 5.92 Å². The second-order valence-electron chi connectivity index (χ2n) is 11.5. The molecule has 12 heteroatoms. The number of nitrogens with zero attached hydrogens (tertiary/aromatic N) is 2. The Balaban J connectivity index is 1.66. The lowest BCUT2D eigenvalue weighted by Crippen LogP contribution is -2.53. The lowest BCUT2D eigenvalue weighted by Gasteiger charge is -2.39. The van der Waals surface area contributed by atoms with Gasteiger partial charge in [0, 0.05) is 56.0 Å². The van der Waals surface area contributed by atoms with Crippen LogP contribution < -0.4 is 18.9 Å². The maximum absolute atomic E-state index is 14.3. The largest absolute Gasteiger partial charge is 0.507 e. The van der Waals surface area contributed by atoms with Crippen LogP contribution in [-0.2, 0) is 9.59 Å². The second kappa shape index (κ2) is 12.2. The molecule has 3 aliphatic rings. The van der Waals surface area contributed by atoms with E-state index >= 15 is 0 Å². The number of hydrogen-bond acceptors (Lipinski definition) is 10. The van der Waals surface area contributed by atoms with Crippen molar-refractivity contribution in [3.05, 3.63) is 51.7 Å². The Labute approximate surface area is 260 Å². The predicted molar refractivity (Wildman–Crippen MR) is 161 cm³/mol.